The van der Waals surface area contributed by atoms with Crippen molar-refractivity contribution in [3.8, 4) is 0 Å². The predicted molar refractivity (Wildman–Crippen MR) is 112 cm³/mol. The molecule has 1 amide bonds. The number of anilines is 1. The van der Waals surface area contributed by atoms with Gasteiger partial charge in [0.25, 0.3) is 0 Å². The van der Waals surface area contributed by atoms with Crippen molar-refractivity contribution in [3.63, 3.8) is 0 Å². The molecule has 0 bridgehead atoms. The number of halogens is 1. The molecule has 2 aliphatic heterocycles. The fraction of sp³-hybridized carbons (Fsp3) is 0.435. The number of benzene rings is 2. The molecule has 2 fully saturated rings. The van der Waals surface area contributed by atoms with E-state index in [2.05, 4.69) is 35.2 Å². The molecule has 2 aromatic rings. The Morgan fingerprint density at radius 2 is 1.81 bits per heavy atom. The van der Waals surface area contributed by atoms with Gasteiger partial charge in [0, 0.05) is 36.8 Å². The maximum atomic E-state index is 12.3. The maximum absolute atomic E-state index is 12.3. The van der Waals surface area contributed by atoms with Gasteiger partial charge in [0.05, 0.1) is 0 Å². The van der Waals surface area contributed by atoms with Gasteiger partial charge in [-0.05, 0) is 61.4 Å². The zero-order valence-corrected chi connectivity index (χ0v) is 16.5. The molecule has 2 aromatic carbocycles. The number of hydrogen-bond acceptors (Lipinski definition) is 2. The van der Waals surface area contributed by atoms with Crippen LogP contribution >= 0.6 is 11.6 Å². The molecule has 4 heteroatoms. The largest absolute Gasteiger partial charge is 0.312 e. The van der Waals surface area contributed by atoms with E-state index in [-0.39, 0.29) is 5.91 Å². The third kappa shape index (κ3) is 4.20. The molecular formula is C23H27ClN2O. The number of rotatable bonds is 5. The van der Waals surface area contributed by atoms with Gasteiger partial charge in [0.15, 0.2) is 0 Å². The number of piperidine rings is 1. The van der Waals surface area contributed by atoms with Gasteiger partial charge in [0.2, 0.25) is 5.91 Å². The minimum atomic E-state index is 0.272. The Hall–Kier alpha value is -1.84. The average Bonchev–Trinajstić information content (AvgIpc) is 3.16. The summed E-state index contributed by atoms with van der Waals surface area (Å²) in [5.74, 6) is 0.797. The monoisotopic (exact) mass is 382 g/mol. The summed E-state index contributed by atoms with van der Waals surface area (Å²) in [5.41, 5.74) is 3.68. The van der Waals surface area contributed by atoms with Crippen molar-refractivity contribution >= 4 is 23.2 Å². The Morgan fingerprint density at radius 1 is 1.00 bits per heavy atom. The van der Waals surface area contributed by atoms with Crippen molar-refractivity contribution in [2.24, 2.45) is 0 Å². The first kappa shape index (κ1) is 18.5. The van der Waals surface area contributed by atoms with E-state index in [4.69, 9.17) is 11.6 Å². The lowest BCUT2D eigenvalue weighted by Gasteiger charge is -2.29. The highest BCUT2D eigenvalue weighted by molar-refractivity contribution is 6.31. The summed E-state index contributed by atoms with van der Waals surface area (Å²) >= 11 is 6.39. The number of carbonyl (C=O) groups excluding carboxylic acids is 1. The highest BCUT2D eigenvalue weighted by Crippen LogP contribution is 2.32. The molecule has 142 valence electrons. The molecule has 3 nitrogen and oxygen atoms in total. The fourth-order valence-corrected chi connectivity index (χ4v) is 4.71. The second-order valence-corrected chi connectivity index (χ2v) is 8.10. The molecule has 0 aromatic heterocycles. The number of hydrogen-bond donors (Lipinski definition) is 0. The van der Waals surface area contributed by atoms with E-state index in [1.54, 1.807) is 0 Å². The van der Waals surface area contributed by atoms with Crippen LogP contribution in [0, 0.1) is 0 Å². The summed E-state index contributed by atoms with van der Waals surface area (Å²) in [7, 11) is 0. The van der Waals surface area contributed by atoms with Crippen molar-refractivity contribution in [2.75, 3.05) is 31.1 Å². The van der Waals surface area contributed by atoms with Crippen LogP contribution < -0.4 is 4.90 Å². The van der Waals surface area contributed by atoms with E-state index < -0.39 is 0 Å². The van der Waals surface area contributed by atoms with Crippen LogP contribution in [0.4, 0.5) is 5.69 Å². The van der Waals surface area contributed by atoms with Crippen molar-refractivity contribution in [3.05, 3.63) is 64.7 Å². The molecule has 0 saturated carbocycles. The summed E-state index contributed by atoms with van der Waals surface area (Å²) in [6.45, 7) is 4.06. The van der Waals surface area contributed by atoms with Gasteiger partial charge in [-0.15, -0.1) is 0 Å². The minimum Gasteiger partial charge on any atom is -0.312 e. The molecule has 27 heavy (non-hydrogen) atoms. The predicted octanol–water partition coefficient (Wildman–Crippen LogP) is 4.89. The smallest absolute Gasteiger partial charge is 0.226 e. The van der Waals surface area contributed by atoms with Crippen LogP contribution in [0.25, 0.3) is 0 Å². The normalized spacial score (nSPS) is 21.0. The third-order valence-corrected chi connectivity index (χ3v) is 6.26. The van der Waals surface area contributed by atoms with Gasteiger partial charge in [-0.2, -0.15) is 0 Å². The first-order valence-corrected chi connectivity index (χ1v) is 10.5. The average molecular weight is 383 g/mol. The van der Waals surface area contributed by atoms with Crippen LogP contribution in [0.2, 0.25) is 5.02 Å². The Kier molecular flexibility index (Phi) is 5.80. The summed E-state index contributed by atoms with van der Waals surface area (Å²) in [6, 6.07) is 16.6. The number of carbonyl (C=O) groups is 1. The molecule has 0 N–H and O–H groups in total. The van der Waals surface area contributed by atoms with E-state index in [0.717, 1.165) is 62.6 Å². The summed E-state index contributed by atoms with van der Waals surface area (Å²) in [5, 5.41) is 0.887. The van der Waals surface area contributed by atoms with Gasteiger partial charge < -0.3 is 9.80 Å². The number of likely N-dealkylation sites (tertiary alicyclic amines) is 1. The van der Waals surface area contributed by atoms with E-state index in [1.807, 2.05) is 23.1 Å². The van der Waals surface area contributed by atoms with E-state index >= 15 is 0 Å². The third-order valence-electron chi connectivity index (χ3n) is 5.92. The molecule has 1 atom stereocenters. The molecule has 2 saturated heterocycles. The standard InChI is InChI=1S/C23H27ClN2O/c24-21-9-3-2-8-20(21)19-13-16-25(17-19)15-12-18-7-1-4-10-22(18)26-14-6-5-11-23(26)27/h1-4,7-10,19H,5-6,11-17H2. The Bertz CT molecular complexity index is 806. The Morgan fingerprint density at radius 3 is 2.67 bits per heavy atom. The topological polar surface area (TPSA) is 23.6 Å². The van der Waals surface area contributed by atoms with Gasteiger partial charge in [-0.1, -0.05) is 48.0 Å². The van der Waals surface area contributed by atoms with Gasteiger partial charge in [0.1, 0.15) is 0 Å². The second-order valence-electron chi connectivity index (χ2n) is 7.69. The van der Waals surface area contributed by atoms with Crippen LogP contribution in [-0.2, 0) is 11.2 Å². The molecule has 4 rings (SSSR count). The second kappa shape index (κ2) is 8.45. The van der Waals surface area contributed by atoms with Gasteiger partial charge in [-0.25, -0.2) is 0 Å². The van der Waals surface area contributed by atoms with Gasteiger partial charge in [-0.3, -0.25) is 4.79 Å². The lowest BCUT2D eigenvalue weighted by Crippen LogP contribution is -2.36. The van der Waals surface area contributed by atoms with Crippen LogP contribution in [-0.4, -0.2) is 37.0 Å². The van der Waals surface area contributed by atoms with Crippen LogP contribution in [0.5, 0.6) is 0 Å². The van der Waals surface area contributed by atoms with Crippen molar-refractivity contribution < 1.29 is 4.79 Å². The number of amides is 1. The van der Waals surface area contributed by atoms with Crippen molar-refractivity contribution in [2.45, 2.75) is 38.0 Å². The highest BCUT2D eigenvalue weighted by Gasteiger charge is 2.26. The van der Waals surface area contributed by atoms with Gasteiger partial charge >= 0.3 is 0 Å². The number of para-hydroxylation sites is 1. The maximum Gasteiger partial charge on any atom is 0.226 e. The lowest BCUT2D eigenvalue weighted by molar-refractivity contribution is -0.119. The summed E-state index contributed by atoms with van der Waals surface area (Å²) in [4.78, 5) is 16.9. The zero-order valence-electron chi connectivity index (χ0n) is 15.7. The zero-order chi connectivity index (χ0) is 18.6. The number of nitrogens with zero attached hydrogens (tertiary/aromatic N) is 2. The van der Waals surface area contributed by atoms with E-state index in [1.165, 1.54) is 11.1 Å². The molecule has 0 radical (unpaired) electrons. The SMILES string of the molecule is O=C1CCCCN1c1ccccc1CCN1CCC(c2ccccc2Cl)C1. The van der Waals surface area contributed by atoms with E-state index in [9.17, 15) is 4.79 Å². The van der Waals surface area contributed by atoms with Crippen LogP contribution in [0.1, 0.15) is 42.7 Å². The summed E-state index contributed by atoms with van der Waals surface area (Å²) in [6.07, 6.45) is 4.95. The Labute approximate surface area is 166 Å². The fourth-order valence-electron chi connectivity index (χ4n) is 4.42. The summed E-state index contributed by atoms with van der Waals surface area (Å²) < 4.78 is 0. The molecule has 0 aliphatic carbocycles. The molecule has 2 heterocycles. The lowest BCUT2D eigenvalue weighted by atomic mass is 9.98. The molecule has 1 unspecified atom stereocenters. The van der Waals surface area contributed by atoms with Crippen molar-refractivity contribution in [1.29, 1.82) is 0 Å². The minimum absolute atomic E-state index is 0.272. The first-order chi connectivity index (χ1) is 13.2. The van der Waals surface area contributed by atoms with Crippen LogP contribution in [0.3, 0.4) is 0 Å². The quantitative estimate of drug-likeness (QED) is 0.735. The molecule has 2 aliphatic rings. The first-order valence-electron chi connectivity index (χ1n) is 10.1. The highest BCUT2D eigenvalue weighted by atomic mass is 35.5. The van der Waals surface area contributed by atoms with Crippen molar-refractivity contribution in [1.82, 2.24) is 4.90 Å². The molecular weight excluding hydrogens is 356 g/mol. The van der Waals surface area contributed by atoms with E-state index in [0.29, 0.717) is 12.3 Å². The molecule has 0 spiro atoms. The Balaban J connectivity index is 1.40. The van der Waals surface area contributed by atoms with Crippen LogP contribution in [0.15, 0.2) is 48.5 Å².